The first kappa shape index (κ1) is 14.4. The van der Waals surface area contributed by atoms with Gasteiger partial charge in [0.1, 0.15) is 0 Å². The van der Waals surface area contributed by atoms with Crippen LogP contribution in [0, 0.1) is 13.8 Å². The maximum absolute atomic E-state index is 11.6. The van der Waals surface area contributed by atoms with Crippen LogP contribution in [0.4, 0.5) is 0 Å². The number of carboxylic acids is 1. The van der Waals surface area contributed by atoms with E-state index in [9.17, 15) is 9.90 Å². The number of carboxylic acid groups (broad SMARTS) is 1. The summed E-state index contributed by atoms with van der Waals surface area (Å²) in [6.07, 6.45) is 1.65. The molecule has 0 aliphatic rings. The number of carbonyl (C=O) groups is 1. The molecule has 0 aliphatic heterocycles. The zero-order chi connectivity index (χ0) is 14.7. The van der Waals surface area contributed by atoms with Crippen molar-refractivity contribution in [1.82, 2.24) is 0 Å². The van der Waals surface area contributed by atoms with E-state index in [0.717, 1.165) is 22.3 Å². The Morgan fingerprint density at radius 2 is 1.90 bits per heavy atom. The predicted molar refractivity (Wildman–Crippen MR) is 82.9 cm³/mol. The second kappa shape index (κ2) is 5.93. The second-order valence-corrected chi connectivity index (χ2v) is 5.17. The molecule has 0 atom stereocenters. The van der Waals surface area contributed by atoms with Crippen molar-refractivity contribution in [3.05, 3.63) is 69.7 Å². The van der Waals surface area contributed by atoms with Gasteiger partial charge < -0.3 is 5.11 Å². The Hall–Kier alpha value is -2.06. The molecule has 2 aromatic rings. The van der Waals surface area contributed by atoms with Gasteiger partial charge in [-0.05, 0) is 48.7 Å². The second-order valence-electron chi connectivity index (χ2n) is 4.74. The molecule has 2 nitrogen and oxygen atoms in total. The standard InChI is InChI=1S/C17H15ClO2/c1-11-6-7-12(2)15(8-11)16(17(19)20)10-13-4-3-5-14(18)9-13/h3-10H,1-2H3,(H,19,20)/b16-10-. The fourth-order valence-corrected chi connectivity index (χ4v) is 2.24. The van der Waals surface area contributed by atoms with E-state index < -0.39 is 5.97 Å². The highest BCUT2D eigenvalue weighted by Gasteiger charge is 2.13. The minimum atomic E-state index is -0.946. The first-order valence-corrected chi connectivity index (χ1v) is 6.63. The lowest BCUT2D eigenvalue weighted by Gasteiger charge is -2.08. The highest BCUT2D eigenvalue weighted by atomic mass is 35.5. The molecule has 2 aromatic carbocycles. The topological polar surface area (TPSA) is 37.3 Å². The van der Waals surface area contributed by atoms with Gasteiger partial charge in [-0.2, -0.15) is 0 Å². The van der Waals surface area contributed by atoms with E-state index in [4.69, 9.17) is 11.6 Å². The van der Waals surface area contributed by atoms with E-state index >= 15 is 0 Å². The molecule has 3 heteroatoms. The quantitative estimate of drug-likeness (QED) is 0.662. The minimum Gasteiger partial charge on any atom is -0.478 e. The van der Waals surface area contributed by atoms with E-state index in [1.54, 1.807) is 24.3 Å². The molecule has 0 aromatic heterocycles. The summed E-state index contributed by atoms with van der Waals surface area (Å²) in [6.45, 7) is 3.85. The molecule has 102 valence electrons. The van der Waals surface area contributed by atoms with Crippen molar-refractivity contribution in [3.63, 3.8) is 0 Å². The summed E-state index contributed by atoms with van der Waals surface area (Å²) in [5, 5.41) is 10.1. The van der Waals surface area contributed by atoms with E-state index in [2.05, 4.69) is 0 Å². The Kier molecular flexibility index (Phi) is 4.26. The smallest absolute Gasteiger partial charge is 0.336 e. The van der Waals surface area contributed by atoms with Crippen LogP contribution in [-0.2, 0) is 4.79 Å². The summed E-state index contributed by atoms with van der Waals surface area (Å²) in [7, 11) is 0. The molecule has 0 saturated heterocycles. The van der Waals surface area contributed by atoms with Gasteiger partial charge in [0.05, 0.1) is 5.57 Å². The molecule has 2 rings (SSSR count). The first-order chi connectivity index (χ1) is 9.47. The number of hydrogen-bond donors (Lipinski definition) is 1. The number of rotatable bonds is 3. The van der Waals surface area contributed by atoms with Gasteiger partial charge in [0.15, 0.2) is 0 Å². The molecule has 0 spiro atoms. The van der Waals surface area contributed by atoms with Gasteiger partial charge in [0.25, 0.3) is 0 Å². The van der Waals surface area contributed by atoms with Crippen LogP contribution in [-0.4, -0.2) is 11.1 Å². The van der Waals surface area contributed by atoms with Crippen LogP contribution < -0.4 is 0 Å². The van der Waals surface area contributed by atoms with Gasteiger partial charge in [-0.1, -0.05) is 47.5 Å². The lowest BCUT2D eigenvalue weighted by molar-refractivity contribution is -0.130. The van der Waals surface area contributed by atoms with Crippen LogP contribution in [0.3, 0.4) is 0 Å². The third kappa shape index (κ3) is 3.28. The molecule has 0 fully saturated rings. The third-order valence-corrected chi connectivity index (χ3v) is 3.31. The number of aliphatic carboxylic acids is 1. The van der Waals surface area contributed by atoms with Gasteiger partial charge in [-0.25, -0.2) is 4.79 Å². The fraction of sp³-hybridized carbons (Fsp3) is 0.118. The lowest BCUT2D eigenvalue weighted by atomic mass is 9.96. The van der Waals surface area contributed by atoms with E-state index in [0.29, 0.717) is 5.02 Å². The third-order valence-electron chi connectivity index (χ3n) is 3.07. The molecule has 0 bridgehead atoms. The van der Waals surface area contributed by atoms with Crippen LogP contribution in [0.25, 0.3) is 11.6 Å². The van der Waals surface area contributed by atoms with Crippen molar-refractivity contribution in [2.45, 2.75) is 13.8 Å². The van der Waals surface area contributed by atoms with Gasteiger partial charge in [0.2, 0.25) is 0 Å². The fourth-order valence-electron chi connectivity index (χ4n) is 2.04. The molecule has 0 saturated carbocycles. The summed E-state index contributed by atoms with van der Waals surface area (Å²) in [5.74, 6) is -0.946. The van der Waals surface area contributed by atoms with Crippen LogP contribution >= 0.6 is 11.6 Å². The average Bonchev–Trinajstić information content (AvgIpc) is 2.39. The van der Waals surface area contributed by atoms with Crippen molar-refractivity contribution in [2.75, 3.05) is 0 Å². The summed E-state index contributed by atoms with van der Waals surface area (Å²) in [6, 6.07) is 12.9. The lowest BCUT2D eigenvalue weighted by Crippen LogP contribution is -2.02. The summed E-state index contributed by atoms with van der Waals surface area (Å²) in [5.41, 5.74) is 3.75. The number of hydrogen-bond acceptors (Lipinski definition) is 1. The predicted octanol–water partition coefficient (Wildman–Crippen LogP) is 4.58. The van der Waals surface area contributed by atoms with Crippen molar-refractivity contribution >= 4 is 29.2 Å². The first-order valence-electron chi connectivity index (χ1n) is 6.25. The maximum atomic E-state index is 11.6. The Bertz CT molecular complexity index is 687. The van der Waals surface area contributed by atoms with Gasteiger partial charge >= 0.3 is 5.97 Å². The molecular formula is C17H15ClO2. The van der Waals surface area contributed by atoms with E-state index in [1.807, 2.05) is 38.1 Å². The molecule has 0 heterocycles. The highest BCUT2D eigenvalue weighted by Crippen LogP contribution is 2.24. The van der Waals surface area contributed by atoms with Crippen molar-refractivity contribution in [3.8, 4) is 0 Å². The zero-order valence-electron chi connectivity index (χ0n) is 11.4. The largest absolute Gasteiger partial charge is 0.478 e. The normalized spacial score (nSPS) is 11.4. The van der Waals surface area contributed by atoms with E-state index in [-0.39, 0.29) is 5.57 Å². The van der Waals surface area contributed by atoms with Gasteiger partial charge in [-0.3, -0.25) is 0 Å². The van der Waals surface area contributed by atoms with Gasteiger partial charge in [-0.15, -0.1) is 0 Å². The van der Waals surface area contributed by atoms with Gasteiger partial charge in [0, 0.05) is 5.02 Å². The number of benzene rings is 2. The van der Waals surface area contributed by atoms with E-state index in [1.165, 1.54) is 0 Å². The zero-order valence-corrected chi connectivity index (χ0v) is 12.1. The Morgan fingerprint density at radius 3 is 2.55 bits per heavy atom. The highest BCUT2D eigenvalue weighted by molar-refractivity contribution is 6.30. The van der Waals surface area contributed by atoms with Crippen LogP contribution in [0.1, 0.15) is 22.3 Å². The Morgan fingerprint density at radius 1 is 1.15 bits per heavy atom. The Balaban J connectivity index is 2.57. The van der Waals surface area contributed by atoms with Crippen molar-refractivity contribution in [2.24, 2.45) is 0 Å². The molecule has 1 N–H and O–H groups in total. The minimum absolute atomic E-state index is 0.272. The summed E-state index contributed by atoms with van der Waals surface area (Å²) >= 11 is 5.93. The molecule has 20 heavy (non-hydrogen) atoms. The summed E-state index contributed by atoms with van der Waals surface area (Å²) < 4.78 is 0. The van der Waals surface area contributed by atoms with Crippen LogP contribution in [0.2, 0.25) is 5.02 Å². The molecule has 0 aliphatic carbocycles. The Labute approximate surface area is 123 Å². The molecule has 0 radical (unpaired) electrons. The SMILES string of the molecule is Cc1ccc(C)c(/C(=C/c2cccc(Cl)c2)C(=O)O)c1. The monoisotopic (exact) mass is 286 g/mol. The maximum Gasteiger partial charge on any atom is 0.336 e. The number of aryl methyl sites for hydroxylation is 2. The van der Waals surface area contributed by atoms with Crippen molar-refractivity contribution in [1.29, 1.82) is 0 Å². The average molecular weight is 287 g/mol. The molecule has 0 amide bonds. The van der Waals surface area contributed by atoms with Crippen molar-refractivity contribution < 1.29 is 9.90 Å². The molecular weight excluding hydrogens is 272 g/mol. The van der Waals surface area contributed by atoms with Crippen LogP contribution in [0.5, 0.6) is 0 Å². The summed E-state index contributed by atoms with van der Waals surface area (Å²) in [4.78, 5) is 11.6. The van der Waals surface area contributed by atoms with Crippen LogP contribution in [0.15, 0.2) is 42.5 Å². The molecule has 0 unspecified atom stereocenters. The number of halogens is 1.